The second kappa shape index (κ2) is 6.14. The smallest absolute Gasteiger partial charge is 0.0897 e. The van der Waals surface area contributed by atoms with Crippen LogP contribution >= 0.6 is 11.3 Å². The van der Waals surface area contributed by atoms with Crippen LogP contribution in [0, 0.1) is 6.92 Å². The molecule has 0 aliphatic heterocycles. The maximum Gasteiger partial charge on any atom is 0.0897 e. The highest BCUT2D eigenvalue weighted by molar-refractivity contribution is 7.09. The summed E-state index contributed by atoms with van der Waals surface area (Å²) < 4.78 is 0. The number of nitrogens with zero attached hydrogens (tertiary/aromatic N) is 1. The molecule has 1 atom stereocenters. The van der Waals surface area contributed by atoms with E-state index in [1.165, 1.54) is 23.5 Å². The molecule has 1 N–H and O–H groups in total. The fraction of sp³-hybridized carbons (Fsp3) is 0.727. The Bertz CT molecular complexity index is 258. The molecule has 0 aliphatic carbocycles. The summed E-state index contributed by atoms with van der Waals surface area (Å²) >= 11 is 1.74. The zero-order chi connectivity index (χ0) is 10.4. The fourth-order valence-electron chi connectivity index (χ4n) is 1.46. The Labute approximate surface area is 90.8 Å². The molecule has 80 valence electrons. The third-order valence-electron chi connectivity index (χ3n) is 2.30. The highest BCUT2D eigenvalue weighted by Gasteiger charge is 2.07. The van der Waals surface area contributed by atoms with Gasteiger partial charge in [-0.1, -0.05) is 13.8 Å². The van der Waals surface area contributed by atoms with Crippen molar-refractivity contribution in [2.75, 3.05) is 6.54 Å². The first-order valence-electron chi connectivity index (χ1n) is 5.40. The van der Waals surface area contributed by atoms with Crippen LogP contribution in [0.15, 0.2) is 5.38 Å². The second-order valence-electron chi connectivity index (χ2n) is 3.62. The van der Waals surface area contributed by atoms with Crippen molar-refractivity contribution in [3.05, 3.63) is 16.1 Å². The molecule has 1 rings (SSSR count). The Hall–Kier alpha value is -0.410. The van der Waals surface area contributed by atoms with E-state index in [0.717, 1.165) is 13.0 Å². The molecular formula is C11H20N2S. The Morgan fingerprint density at radius 2 is 2.29 bits per heavy atom. The number of hydrogen-bond donors (Lipinski definition) is 1. The molecule has 1 heterocycles. The van der Waals surface area contributed by atoms with Crippen molar-refractivity contribution in [3.8, 4) is 0 Å². The minimum Gasteiger partial charge on any atom is -0.314 e. The van der Waals surface area contributed by atoms with Gasteiger partial charge in [0.1, 0.15) is 0 Å². The van der Waals surface area contributed by atoms with Crippen LogP contribution in [0.2, 0.25) is 0 Å². The summed E-state index contributed by atoms with van der Waals surface area (Å²) in [5, 5.41) is 6.89. The maximum absolute atomic E-state index is 4.49. The van der Waals surface area contributed by atoms with Crippen LogP contribution in [0.4, 0.5) is 0 Å². The van der Waals surface area contributed by atoms with E-state index in [2.05, 4.69) is 36.5 Å². The Morgan fingerprint density at radius 1 is 1.50 bits per heavy atom. The summed E-state index contributed by atoms with van der Waals surface area (Å²) in [5.41, 5.74) is 1.24. The predicted octanol–water partition coefficient (Wildman–Crippen LogP) is 2.77. The number of rotatable bonds is 6. The van der Waals surface area contributed by atoms with Gasteiger partial charge in [0.05, 0.1) is 10.7 Å². The lowest BCUT2D eigenvalue weighted by molar-refractivity contribution is 0.491. The zero-order valence-electron chi connectivity index (χ0n) is 9.34. The molecule has 1 unspecified atom stereocenters. The summed E-state index contributed by atoms with van der Waals surface area (Å²) in [6, 6.07) is 0.594. The number of thiazole rings is 1. The highest BCUT2D eigenvalue weighted by atomic mass is 32.1. The lowest BCUT2D eigenvalue weighted by atomic mass is 10.1. The van der Waals surface area contributed by atoms with Crippen LogP contribution in [0.1, 0.15) is 37.4 Å². The molecular weight excluding hydrogens is 192 g/mol. The molecule has 0 aromatic carbocycles. The number of hydrogen-bond acceptors (Lipinski definition) is 3. The minimum absolute atomic E-state index is 0.594. The molecule has 0 radical (unpaired) electrons. The predicted molar refractivity (Wildman–Crippen MR) is 62.9 cm³/mol. The second-order valence-corrected chi connectivity index (χ2v) is 4.68. The number of aromatic nitrogens is 1. The normalized spacial score (nSPS) is 13.1. The maximum atomic E-state index is 4.49. The molecule has 0 bridgehead atoms. The van der Waals surface area contributed by atoms with Crippen LogP contribution in [-0.2, 0) is 6.42 Å². The van der Waals surface area contributed by atoms with Gasteiger partial charge < -0.3 is 5.32 Å². The first kappa shape index (κ1) is 11.7. The largest absolute Gasteiger partial charge is 0.314 e. The average Bonchev–Trinajstić information content (AvgIpc) is 2.58. The Kier molecular flexibility index (Phi) is 5.12. The molecule has 0 spiro atoms. The van der Waals surface area contributed by atoms with Gasteiger partial charge in [0.25, 0.3) is 0 Å². The van der Waals surface area contributed by atoms with E-state index < -0.39 is 0 Å². The van der Waals surface area contributed by atoms with Crippen molar-refractivity contribution in [3.63, 3.8) is 0 Å². The summed E-state index contributed by atoms with van der Waals surface area (Å²) in [6.45, 7) is 7.61. The summed E-state index contributed by atoms with van der Waals surface area (Å²) in [5.74, 6) is 0. The van der Waals surface area contributed by atoms with Gasteiger partial charge in [0, 0.05) is 17.8 Å². The SMILES string of the molecule is CCCNC(CC)Cc1csc(C)n1. The number of nitrogens with one attached hydrogen (secondary N) is 1. The molecule has 3 heteroatoms. The van der Waals surface area contributed by atoms with Crippen molar-refractivity contribution in [1.82, 2.24) is 10.3 Å². The van der Waals surface area contributed by atoms with Crippen molar-refractivity contribution in [1.29, 1.82) is 0 Å². The van der Waals surface area contributed by atoms with Gasteiger partial charge in [-0.25, -0.2) is 4.98 Å². The minimum atomic E-state index is 0.594. The van der Waals surface area contributed by atoms with E-state index in [1.54, 1.807) is 11.3 Å². The summed E-state index contributed by atoms with van der Waals surface area (Å²) in [4.78, 5) is 4.49. The third-order valence-corrected chi connectivity index (χ3v) is 3.12. The summed E-state index contributed by atoms with van der Waals surface area (Å²) in [7, 11) is 0. The molecule has 0 saturated heterocycles. The van der Waals surface area contributed by atoms with E-state index >= 15 is 0 Å². The fourth-order valence-corrected chi connectivity index (χ4v) is 2.09. The standard InChI is InChI=1S/C11H20N2S/c1-4-6-12-10(5-2)7-11-8-14-9(3)13-11/h8,10,12H,4-7H2,1-3H3. The van der Waals surface area contributed by atoms with E-state index in [0.29, 0.717) is 6.04 Å². The molecule has 1 aromatic rings. The van der Waals surface area contributed by atoms with E-state index in [9.17, 15) is 0 Å². The summed E-state index contributed by atoms with van der Waals surface area (Å²) in [6.07, 6.45) is 3.45. The van der Waals surface area contributed by atoms with Gasteiger partial charge in [0.2, 0.25) is 0 Å². The van der Waals surface area contributed by atoms with Crippen LogP contribution in [0.25, 0.3) is 0 Å². The number of aryl methyl sites for hydroxylation is 1. The Morgan fingerprint density at radius 3 is 2.79 bits per heavy atom. The van der Waals surface area contributed by atoms with Crippen molar-refractivity contribution < 1.29 is 0 Å². The van der Waals surface area contributed by atoms with E-state index in [1.807, 2.05) is 0 Å². The molecule has 14 heavy (non-hydrogen) atoms. The highest BCUT2D eigenvalue weighted by Crippen LogP contribution is 2.11. The van der Waals surface area contributed by atoms with Crippen LogP contribution < -0.4 is 5.32 Å². The van der Waals surface area contributed by atoms with Gasteiger partial charge >= 0.3 is 0 Å². The van der Waals surface area contributed by atoms with Crippen molar-refractivity contribution in [2.45, 2.75) is 46.1 Å². The van der Waals surface area contributed by atoms with Crippen LogP contribution in [-0.4, -0.2) is 17.6 Å². The molecule has 2 nitrogen and oxygen atoms in total. The van der Waals surface area contributed by atoms with Crippen molar-refractivity contribution in [2.24, 2.45) is 0 Å². The van der Waals surface area contributed by atoms with Crippen LogP contribution in [0.3, 0.4) is 0 Å². The average molecular weight is 212 g/mol. The van der Waals surface area contributed by atoms with Crippen LogP contribution in [0.5, 0.6) is 0 Å². The zero-order valence-corrected chi connectivity index (χ0v) is 10.2. The lowest BCUT2D eigenvalue weighted by Gasteiger charge is -2.14. The monoisotopic (exact) mass is 212 g/mol. The Balaban J connectivity index is 2.40. The van der Waals surface area contributed by atoms with Crippen molar-refractivity contribution >= 4 is 11.3 Å². The molecule has 0 fully saturated rings. The lowest BCUT2D eigenvalue weighted by Crippen LogP contribution is -2.31. The van der Waals surface area contributed by atoms with Gasteiger partial charge in [-0.2, -0.15) is 0 Å². The molecule has 0 aliphatic rings. The first-order chi connectivity index (χ1) is 6.76. The van der Waals surface area contributed by atoms with E-state index in [4.69, 9.17) is 0 Å². The first-order valence-corrected chi connectivity index (χ1v) is 6.28. The quantitative estimate of drug-likeness (QED) is 0.784. The molecule has 0 saturated carbocycles. The van der Waals surface area contributed by atoms with Gasteiger partial charge in [-0.15, -0.1) is 11.3 Å². The molecule has 1 aromatic heterocycles. The van der Waals surface area contributed by atoms with E-state index in [-0.39, 0.29) is 0 Å². The topological polar surface area (TPSA) is 24.9 Å². The third kappa shape index (κ3) is 3.76. The van der Waals surface area contributed by atoms with Gasteiger partial charge in [0.15, 0.2) is 0 Å². The van der Waals surface area contributed by atoms with Gasteiger partial charge in [-0.05, 0) is 26.3 Å². The molecule has 0 amide bonds. The van der Waals surface area contributed by atoms with Gasteiger partial charge in [-0.3, -0.25) is 0 Å².